The van der Waals surface area contributed by atoms with Crippen LogP contribution >= 0.6 is 22.6 Å². The van der Waals surface area contributed by atoms with E-state index in [1.165, 1.54) is 30.1 Å². The van der Waals surface area contributed by atoms with E-state index in [9.17, 15) is 0 Å². The molecule has 0 aliphatic heterocycles. The van der Waals surface area contributed by atoms with E-state index in [-0.39, 0.29) is 0 Å². The van der Waals surface area contributed by atoms with E-state index < -0.39 is 0 Å². The van der Waals surface area contributed by atoms with E-state index in [4.69, 9.17) is 5.73 Å². The molecule has 0 spiro atoms. The molecule has 0 aromatic carbocycles. The van der Waals surface area contributed by atoms with Gasteiger partial charge in [0.05, 0.1) is 0 Å². The van der Waals surface area contributed by atoms with Crippen LogP contribution in [0.3, 0.4) is 0 Å². The minimum absolute atomic E-state index is 0.510. The van der Waals surface area contributed by atoms with E-state index in [1.807, 2.05) is 0 Å². The highest BCUT2D eigenvalue weighted by atomic mass is 127. The molecule has 0 bridgehead atoms. The maximum Gasteiger partial charge on any atom is 0.00744 e. The van der Waals surface area contributed by atoms with Crippen LogP contribution in [0.1, 0.15) is 25.7 Å². The summed E-state index contributed by atoms with van der Waals surface area (Å²) in [4.78, 5) is 0. The van der Waals surface area contributed by atoms with Crippen molar-refractivity contribution < 1.29 is 0 Å². The SMILES string of the molecule is NC1CCCCC1CI. The zero-order valence-electron chi connectivity index (χ0n) is 5.65. The van der Waals surface area contributed by atoms with Crippen molar-refractivity contribution in [3.63, 3.8) is 0 Å². The molecule has 1 aliphatic carbocycles. The molecule has 1 aliphatic rings. The van der Waals surface area contributed by atoms with Crippen LogP contribution in [0.5, 0.6) is 0 Å². The van der Waals surface area contributed by atoms with Gasteiger partial charge in [-0.1, -0.05) is 35.4 Å². The molecule has 0 amide bonds. The molecule has 2 atom stereocenters. The van der Waals surface area contributed by atoms with Crippen LogP contribution in [0.15, 0.2) is 0 Å². The van der Waals surface area contributed by atoms with Gasteiger partial charge in [0.15, 0.2) is 0 Å². The lowest BCUT2D eigenvalue weighted by molar-refractivity contribution is 0.339. The fourth-order valence-electron chi connectivity index (χ4n) is 1.43. The van der Waals surface area contributed by atoms with Crippen molar-refractivity contribution in [3.8, 4) is 0 Å². The molecule has 54 valence electrons. The molecular formula is C7H14IN. The third-order valence-corrected chi connectivity index (χ3v) is 3.30. The summed E-state index contributed by atoms with van der Waals surface area (Å²) in [6.07, 6.45) is 5.38. The van der Waals surface area contributed by atoms with Gasteiger partial charge in [0.1, 0.15) is 0 Å². The summed E-state index contributed by atoms with van der Waals surface area (Å²) in [6.45, 7) is 0. The van der Waals surface area contributed by atoms with Crippen molar-refractivity contribution in [1.29, 1.82) is 0 Å². The molecule has 0 aromatic heterocycles. The van der Waals surface area contributed by atoms with Gasteiger partial charge in [-0.15, -0.1) is 0 Å². The summed E-state index contributed by atoms with van der Waals surface area (Å²) in [7, 11) is 0. The van der Waals surface area contributed by atoms with Crippen molar-refractivity contribution >= 4 is 22.6 Å². The number of hydrogen-bond acceptors (Lipinski definition) is 1. The molecule has 2 N–H and O–H groups in total. The monoisotopic (exact) mass is 239 g/mol. The number of hydrogen-bond donors (Lipinski definition) is 1. The van der Waals surface area contributed by atoms with E-state index in [1.54, 1.807) is 0 Å². The Bertz CT molecular complexity index is 85.0. The Morgan fingerprint density at radius 1 is 1.33 bits per heavy atom. The third-order valence-electron chi connectivity index (χ3n) is 2.17. The van der Waals surface area contributed by atoms with Gasteiger partial charge < -0.3 is 5.73 Å². The second-order valence-corrected chi connectivity index (χ2v) is 3.74. The second-order valence-electron chi connectivity index (χ2n) is 2.86. The summed E-state index contributed by atoms with van der Waals surface area (Å²) in [5.41, 5.74) is 5.88. The number of alkyl halides is 1. The average molecular weight is 239 g/mol. The van der Waals surface area contributed by atoms with Crippen LogP contribution in [0.4, 0.5) is 0 Å². The van der Waals surface area contributed by atoms with Crippen molar-refractivity contribution in [2.24, 2.45) is 11.7 Å². The fraction of sp³-hybridized carbons (Fsp3) is 1.00. The summed E-state index contributed by atoms with van der Waals surface area (Å²) >= 11 is 2.44. The first-order valence-electron chi connectivity index (χ1n) is 3.66. The molecular weight excluding hydrogens is 225 g/mol. The zero-order valence-corrected chi connectivity index (χ0v) is 7.80. The Labute approximate surface area is 70.5 Å². The fourth-order valence-corrected chi connectivity index (χ4v) is 2.52. The lowest BCUT2D eigenvalue weighted by Crippen LogP contribution is -2.33. The Morgan fingerprint density at radius 2 is 2.00 bits per heavy atom. The van der Waals surface area contributed by atoms with Gasteiger partial charge in [-0.05, 0) is 18.8 Å². The first kappa shape index (κ1) is 7.79. The molecule has 0 radical (unpaired) electrons. The highest BCUT2D eigenvalue weighted by Crippen LogP contribution is 2.24. The predicted octanol–water partition coefficient (Wildman–Crippen LogP) is 1.94. The van der Waals surface area contributed by atoms with Gasteiger partial charge in [0.2, 0.25) is 0 Å². The number of nitrogens with two attached hydrogens (primary N) is 1. The number of rotatable bonds is 1. The van der Waals surface area contributed by atoms with Crippen LogP contribution < -0.4 is 5.73 Å². The summed E-state index contributed by atoms with van der Waals surface area (Å²) in [6, 6.07) is 0.510. The van der Waals surface area contributed by atoms with Gasteiger partial charge in [-0.2, -0.15) is 0 Å². The smallest absolute Gasteiger partial charge is 0.00744 e. The quantitative estimate of drug-likeness (QED) is 0.549. The maximum absolute atomic E-state index is 5.88. The first-order valence-corrected chi connectivity index (χ1v) is 5.18. The third kappa shape index (κ3) is 2.08. The molecule has 0 saturated heterocycles. The second kappa shape index (κ2) is 3.76. The number of halogens is 1. The topological polar surface area (TPSA) is 26.0 Å². The van der Waals surface area contributed by atoms with Crippen molar-refractivity contribution in [1.82, 2.24) is 0 Å². The Morgan fingerprint density at radius 3 is 2.44 bits per heavy atom. The van der Waals surface area contributed by atoms with Crippen LogP contribution in [0.25, 0.3) is 0 Å². The largest absolute Gasteiger partial charge is 0.327 e. The van der Waals surface area contributed by atoms with Gasteiger partial charge in [0, 0.05) is 10.5 Å². The van der Waals surface area contributed by atoms with E-state index >= 15 is 0 Å². The van der Waals surface area contributed by atoms with E-state index in [0.717, 1.165) is 5.92 Å². The summed E-state index contributed by atoms with van der Waals surface area (Å²) in [5.74, 6) is 0.819. The van der Waals surface area contributed by atoms with Gasteiger partial charge >= 0.3 is 0 Å². The Balaban J connectivity index is 2.30. The lowest BCUT2D eigenvalue weighted by Gasteiger charge is -2.26. The normalized spacial score (nSPS) is 36.7. The van der Waals surface area contributed by atoms with E-state index in [0.29, 0.717) is 6.04 Å². The van der Waals surface area contributed by atoms with Crippen LogP contribution in [-0.4, -0.2) is 10.5 Å². The van der Waals surface area contributed by atoms with Crippen LogP contribution in [0.2, 0.25) is 0 Å². The minimum atomic E-state index is 0.510. The van der Waals surface area contributed by atoms with Gasteiger partial charge in [-0.25, -0.2) is 0 Å². The molecule has 1 nitrogen and oxygen atoms in total. The lowest BCUT2D eigenvalue weighted by atomic mass is 9.87. The van der Waals surface area contributed by atoms with Crippen molar-refractivity contribution in [2.45, 2.75) is 31.7 Å². The Hall–Kier alpha value is 0.690. The zero-order chi connectivity index (χ0) is 6.69. The maximum atomic E-state index is 5.88. The highest BCUT2D eigenvalue weighted by molar-refractivity contribution is 14.1. The van der Waals surface area contributed by atoms with Crippen LogP contribution in [-0.2, 0) is 0 Å². The average Bonchev–Trinajstić information content (AvgIpc) is 1.89. The predicted molar refractivity (Wildman–Crippen MR) is 48.8 cm³/mol. The van der Waals surface area contributed by atoms with Crippen molar-refractivity contribution in [2.75, 3.05) is 4.43 Å². The van der Waals surface area contributed by atoms with E-state index in [2.05, 4.69) is 22.6 Å². The molecule has 0 heterocycles. The standard InChI is InChI=1S/C7H14IN/c8-5-6-3-1-2-4-7(6)9/h6-7H,1-5,9H2. The minimum Gasteiger partial charge on any atom is -0.327 e. The summed E-state index contributed by atoms with van der Waals surface area (Å²) < 4.78 is 1.25. The van der Waals surface area contributed by atoms with Gasteiger partial charge in [-0.3, -0.25) is 0 Å². The molecule has 1 saturated carbocycles. The summed E-state index contributed by atoms with van der Waals surface area (Å²) in [5, 5.41) is 0. The molecule has 1 rings (SSSR count). The molecule has 2 unspecified atom stereocenters. The molecule has 1 fully saturated rings. The van der Waals surface area contributed by atoms with Gasteiger partial charge in [0.25, 0.3) is 0 Å². The van der Waals surface area contributed by atoms with Crippen LogP contribution in [0, 0.1) is 5.92 Å². The molecule has 2 heteroatoms. The van der Waals surface area contributed by atoms with Crippen molar-refractivity contribution in [3.05, 3.63) is 0 Å². The highest BCUT2D eigenvalue weighted by Gasteiger charge is 2.19. The first-order chi connectivity index (χ1) is 4.34. The molecule has 9 heavy (non-hydrogen) atoms. The Kier molecular flexibility index (Phi) is 3.26. The molecule has 0 aromatic rings.